The van der Waals surface area contributed by atoms with Crippen molar-refractivity contribution in [3.63, 3.8) is 0 Å². The van der Waals surface area contributed by atoms with Crippen LogP contribution in [-0.4, -0.2) is 6.61 Å². The van der Waals surface area contributed by atoms with Crippen LogP contribution in [-0.2, 0) is 0 Å². The number of hydrogen-bond acceptors (Lipinski definition) is 3. The second-order valence-corrected chi connectivity index (χ2v) is 4.62. The Bertz CT molecular complexity index is 626. The van der Waals surface area contributed by atoms with E-state index in [4.69, 9.17) is 15.2 Å². The average molecular weight is 275 g/mol. The van der Waals surface area contributed by atoms with Crippen molar-refractivity contribution >= 4 is 5.69 Å². The van der Waals surface area contributed by atoms with E-state index >= 15 is 0 Å². The quantitative estimate of drug-likeness (QED) is 0.850. The molecule has 0 atom stereocenters. The highest BCUT2D eigenvalue weighted by molar-refractivity contribution is 5.58. The fourth-order valence-electron chi connectivity index (χ4n) is 1.84. The number of hydrogen-bond donors (Lipinski definition) is 1. The normalized spacial score (nSPS) is 10.4. The Hall–Kier alpha value is -2.23. The van der Waals surface area contributed by atoms with Crippen LogP contribution in [0.5, 0.6) is 17.2 Å². The van der Waals surface area contributed by atoms with Gasteiger partial charge in [-0.2, -0.15) is 0 Å². The molecule has 0 aliphatic carbocycles. The van der Waals surface area contributed by atoms with Gasteiger partial charge in [-0.05, 0) is 38.0 Å². The van der Waals surface area contributed by atoms with Crippen molar-refractivity contribution in [3.05, 3.63) is 47.3 Å². The molecule has 0 aliphatic heterocycles. The monoisotopic (exact) mass is 275 g/mol. The van der Waals surface area contributed by atoms with Gasteiger partial charge in [0.05, 0.1) is 12.3 Å². The second kappa shape index (κ2) is 5.82. The number of nitrogens with two attached hydrogens (primary N) is 1. The first kappa shape index (κ1) is 14.2. The van der Waals surface area contributed by atoms with E-state index in [0.717, 1.165) is 11.1 Å². The van der Waals surface area contributed by atoms with Gasteiger partial charge < -0.3 is 15.2 Å². The topological polar surface area (TPSA) is 44.5 Å². The molecule has 0 heterocycles. The number of anilines is 1. The van der Waals surface area contributed by atoms with Crippen LogP contribution in [0.2, 0.25) is 0 Å². The van der Waals surface area contributed by atoms with Crippen LogP contribution in [0.15, 0.2) is 30.3 Å². The van der Waals surface area contributed by atoms with Gasteiger partial charge in [-0.25, -0.2) is 4.39 Å². The minimum Gasteiger partial charge on any atom is -0.491 e. The Morgan fingerprint density at radius 1 is 1.05 bits per heavy atom. The summed E-state index contributed by atoms with van der Waals surface area (Å²) < 4.78 is 24.6. The Morgan fingerprint density at radius 2 is 1.80 bits per heavy atom. The van der Waals surface area contributed by atoms with Crippen LogP contribution in [0.25, 0.3) is 0 Å². The molecule has 3 nitrogen and oxygen atoms in total. The molecule has 0 unspecified atom stereocenters. The molecule has 0 spiro atoms. The molecular weight excluding hydrogens is 257 g/mol. The molecule has 106 valence electrons. The fraction of sp³-hybridized carbons (Fsp3) is 0.250. The van der Waals surface area contributed by atoms with E-state index in [-0.39, 0.29) is 11.4 Å². The van der Waals surface area contributed by atoms with Gasteiger partial charge in [-0.3, -0.25) is 0 Å². The summed E-state index contributed by atoms with van der Waals surface area (Å²) in [6.07, 6.45) is 0. The van der Waals surface area contributed by atoms with Gasteiger partial charge in [0.2, 0.25) is 0 Å². The molecule has 0 saturated heterocycles. The summed E-state index contributed by atoms with van der Waals surface area (Å²) in [5, 5.41) is 0. The molecular formula is C16H18FNO2. The van der Waals surface area contributed by atoms with Gasteiger partial charge >= 0.3 is 0 Å². The third-order valence-electron chi connectivity index (χ3n) is 2.93. The van der Waals surface area contributed by atoms with Crippen molar-refractivity contribution in [2.75, 3.05) is 12.3 Å². The molecule has 0 radical (unpaired) electrons. The smallest absolute Gasteiger partial charge is 0.167 e. The predicted molar refractivity (Wildman–Crippen MR) is 78.0 cm³/mol. The first-order chi connectivity index (χ1) is 9.51. The summed E-state index contributed by atoms with van der Waals surface area (Å²) in [7, 11) is 0. The molecule has 0 bridgehead atoms. The van der Waals surface area contributed by atoms with Crippen LogP contribution in [0.4, 0.5) is 10.1 Å². The van der Waals surface area contributed by atoms with Crippen LogP contribution in [0.3, 0.4) is 0 Å². The molecule has 2 rings (SSSR count). The van der Waals surface area contributed by atoms with E-state index in [1.807, 2.05) is 32.0 Å². The summed E-state index contributed by atoms with van der Waals surface area (Å²) in [6.45, 7) is 6.09. The summed E-state index contributed by atoms with van der Waals surface area (Å²) in [4.78, 5) is 0. The number of halogens is 1. The molecule has 4 heteroatoms. The number of ether oxygens (including phenoxy) is 2. The SMILES string of the molecule is CCOc1cc(Oc2cc(C)ccc2C)c(N)cc1F. The van der Waals surface area contributed by atoms with E-state index in [1.54, 1.807) is 6.92 Å². The van der Waals surface area contributed by atoms with E-state index in [9.17, 15) is 4.39 Å². The summed E-state index contributed by atoms with van der Waals surface area (Å²) in [5.74, 6) is 0.744. The minimum atomic E-state index is -0.488. The van der Waals surface area contributed by atoms with Gasteiger partial charge in [-0.1, -0.05) is 12.1 Å². The van der Waals surface area contributed by atoms with Crippen molar-refractivity contribution in [3.8, 4) is 17.2 Å². The average Bonchev–Trinajstić information content (AvgIpc) is 2.39. The Labute approximate surface area is 118 Å². The largest absolute Gasteiger partial charge is 0.491 e. The van der Waals surface area contributed by atoms with Gasteiger partial charge in [0.15, 0.2) is 17.3 Å². The van der Waals surface area contributed by atoms with E-state index in [2.05, 4.69) is 0 Å². The van der Waals surface area contributed by atoms with Crippen molar-refractivity contribution < 1.29 is 13.9 Å². The molecule has 2 N–H and O–H groups in total. The van der Waals surface area contributed by atoms with E-state index in [1.165, 1.54) is 12.1 Å². The minimum absolute atomic E-state index is 0.141. The third kappa shape index (κ3) is 3.02. The highest BCUT2D eigenvalue weighted by atomic mass is 19.1. The van der Waals surface area contributed by atoms with Gasteiger partial charge in [0, 0.05) is 12.1 Å². The Balaban J connectivity index is 2.37. The molecule has 2 aromatic carbocycles. The van der Waals surface area contributed by atoms with Gasteiger partial charge in [0.1, 0.15) is 5.75 Å². The van der Waals surface area contributed by atoms with Crippen molar-refractivity contribution in [2.45, 2.75) is 20.8 Å². The lowest BCUT2D eigenvalue weighted by Crippen LogP contribution is -1.99. The van der Waals surface area contributed by atoms with Crippen LogP contribution < -0.4 is 15.2 Å². The maximum absolute atomic E-state index is 13.6. The zero-order valence-corrected chi connectivity index (χ0v) is 11.9. The third-order valence-corrected chi connectivity index (χ3v) is 2.93. The lowest BCUT2D eigenvalue weighted by molar-refractivity contribution is 0.319. The summed E-state index contributed by atoms with van der Waals surface area (Å²) in [5.41, 5.74) is 8.11. The van der Waals surface area contributed by atoms with Gasteiger partial charge in [0.25, 0.3) is 0 Å². The van der Waals surface area contributed by atoms with E-state index in [0.29, 0.717) is 18.1 Å². The molecule has 2 aromatic rings. The highest BCUT2D eigenvalue weighted by Gasteiger charge is 2.12. The lowest BCUT2D eigenvalue weighted by atomic mass is 10.1. The van der Waals surface area contributed by atoms with Crippen LogP contribution in [0.1, 0.15) is 18.1 Å². The standard InChI is InChI=1S/C16H18FNO2/c1-4-19-15-9-16(13(18)8-12(15)17)20-14-7-10(2)5-6-11(14)3/h5-9H,4,18H2,1-3H3. The first-order valence-electron chi connectivity index (χ1n) is 6.48. The Morgan fingerprint density at radius 3 is 2.50 bits per heavy atom. The second-order valence-electron chi connectivity index (χ2n) is 4.62. The first-order valence-corrected chi connectivity index (χ1v) is 6.48. The van der Waals surface area contributed by atoms with Crippen molar-refractivity contribution in [1.82, 2.24) is 0 Å². The molecule has 0 amide bonds. The molecule has 0 aliphatic rings. The molecule has 0 aromatic heterocycles. The van der Waals surface area contributed by atoms with Crippen molar-refractivity contribution in [2.24, 2.45) is 0 Å². The zero-order chi connectivity index (χ0) is 14.7. The molecule has 0 fully saturated rings. The van der Waals surface area contributed by atoms with Gasteiger partial charge in [-0.15, -0.1) is 0 Å². The summed E-state index contributed by atoms with van der Waals surface area (Å²) >= 11 is 0. The number of rotatable bonds is 4. The fourth-order valence-corrected chi connectivity index (χ4v) is 1.84. The zero-order valence-electron chi connectivity index (χ0n) is 11.9. The number of benzene rings is 2. The number of nitrogen functional groups attached to an aromatic ring is 1. The molecule has 0 saturated carbocycles. The Kier molecular flexibility index (Phi) is 4.13. The van der Waals surface area contributed by atoms with Crippen molar-refractivity contribution in [1.29, 1.82) is 0 Å². The van der Waals surface area contributed by atoms with Crippen LogP contribution in [0, 0.1) is 19.7 Å². The lowest BCUT2D eigenvalue weighted by Gasteiger charge is -2.13. The maximum atomic E-state index is 13.6. The maximum Gasteiger partial charge on any atom is 0.167 e. The summed E-state index contributed by atoms with van der Waals surface area (Å²) in [6, 6.07) is 8.58. The number of aryl methyl sites for hydroxylation is 2. The molecule has 20 heavy (non-hydrogen) atoms. The van der Waals surface area contributed by atoms with E-state index < -0.39 is 5.82 Å². The van der Waals surface area contributed by atoms with Crippen LogP contribution >= 0.6 is 0 Å². The highest BCUT2D eigenvalue weighted by Crippen LogP contribution is 2.34. The predicted octanol–water partition coefficient (Wildman–Crippen LogP) is 4.22.